The number of nitrogens with zero attached hydrogens (tertiary/aromatic N) is 6. The third-order valence-electron chi connectivity index (χ3n) is 3.17. The van der Waals surface area contributed by atoms with Crippen molar-refractivity contribution >= 4 is 17.1 Å². The van der Waals surface area contributed by atoms with Crippen molar-refractivity contribution in [2.24, 2.45) is 5.11 Å². The van der Waals surface area contributed by atoms with Gasteiger partial charge in [0.15, 0.2) is 0 Å². The molecule has 1 fully saturated rings. The Hall–Kier alpha value is -2.31. The van der Waals surface area contributed by atoms with Crippen LogP contribution >= 0.6 is 0 Å². The number of hydrogen-bond donors (Lipinski definition) is 0. The predicted octanol–water partition coefficient (Wildman–Crippen LogP) is 2.29. The highest BCUT2D eigenvalue weighted by Gasteiger charge is 2.25. The number of likely N-dealkylation sites (N-methyl/N-ethyl adjacent to an activating group) is 1. The highest BCUT2D eigenvalue weighted by atomic mass is 16.6. The predicted molar refractivity (Wildman–Crippen MR) is 71.6 cm³/mol. The molecule has 1 aromatic carbocycles. The maximum Gasteiger partial charge on any atom is 0.302 e. The fourth-order valence-corrected chi connectivity index (χ4v) is 2.14. The summed E-state index contributed by atoms with van der Waals surface area (Å²) in [5.74, 6) is 0. The molecule has 0 unspecified atom stereocenters. The van der Waals surface area contributed by atoms with E-state index in [4.69, 9.17) is 5.53 Å². The van der Waals surface area contributed by atoms with Gasteiger partial charge in [-0.15, -0.1) is 0 Å². The van der Waals surface area contributed by atoms with Gasteiger partial charge in [-0.05, 0) is 24.7 Å². The first-order valence-electron chi connectivity index (χ1n) is 5.89. The average molecular weight is 262 g/mol. The molecule has 0 bridgehead atoms. The summed E-state index contributed by atoms with van der Waals surface area (Å²) >= 11 is 0. The minimum absolute atomic E-state index is 0.0592. The molecule has 0 aliphatic carbocycles. The number of piperazine rings is 1. The lowest BCUT2D eigenvalue weighted by Crippen LogP contribution is -2.44. The van der Waals surface area contributed by atoms with Gasteiger partial charge in [-0.1, -0.05) is 11.2 Å². The summed E-state index contributed by atoms with van der Waals surface area (Å²) in [4.78, 5) is 17.5. The molecular formula is C11H14N6O2. The van der Waals surface area contributed by atoms with Crippen LogP contribution in [0, 0.1) is 10.1 Å². The van der Waals surface area contributed by atoms with Gasteiger partial charge in [0.05, 0.1) is 4.92 Å². The molecule has 0 spiro atoms. The van der Waals surface area contributed by atoms with E-state index in [-0.39, 0.29) is 11.4 Å². The Kier molecular flexibility index (Phi) is 3.84. The van der Waals surface area contributed by atoms with Crippen LogP contribution in [0.4, 0.5) is 17.1 Å². The van der Waals surface area contributed by atoms with Crippen LogP contribution in [0.3, 0.4) is 0 Å². The van der Waals surface area contributed by atoms with Crippen molar-refractivity contribution in [3.05, 3.63) is 38.8 Å². The summed E-state index contributed by atoms with van der Waals surface area (Å²) in [6.07, 6.45) is 0. The number of hydrogen-bond acceptors (Lipinski definition) is 5. The lowest BCUT2D eigenvalue weighted by Gasteiger charge is -2.33. The van der Waals surface area contributed by atoms with Crippen LogP contribution in [0.1, 0.15) is 0 Å². The van der Waals surface area contributed by atoms with E-state index in [0.717, 1.165) is 26.2 Å². The van der Waals surface area contributed by atoms with Gasteiger partial charge in [-0.3, -0.25) is 10.1 Å². The summed E-state index contributed by atoms with van der Waals surface area (Å²) in [6, 6.07) is 4.82. The molecule has 8 heteroatoms. The second-order valence-corrected chi connectivity index (χ2v) is 4.38. The highest BCUT2D eigenvalue weighted by Crippen LogP contribution is 2.37. The van der Waals surface area contributed by atoms with E-state index in [1.54, 1.807) is 12.1 Å². The number of azide groups is 1. The first kappa shape index (κ1) is 13.1. The topological polar surface area (TPSA) is 98.4 Å². The van der Waals surface area contributed by atoms with Crippen molar-refractivity contribution in [3.8, 4) is 0 Å². The zero-order chi connectivity index (χ0) is 13.8. The SMILES string of the molecule is CN1CCN(c2cccc(N=[N+]=[N-])c2[N+](=O)[O-])CC1. The van der Waals surface area contributed by atoms with Crippen LogP contribution in [0.25, 0.3) is 10.4 Å². The van der Waals surface area contributed by atoms with Gasteiger partial charge < -0.3 is 9.80 Å². The zero-order valence-corrected chi connectivity index (χ0v) is 10.6. The van der Waals surface area contributed by atoms with Crippen LogP contribution < -0.4 is 4.90 Å². The summed E-state index contributed by atoms with van der Waals surface area (Å²) in [6.45, 7) is 3.14. The van der Waals surface area contributed by atoms with Gasteiger partial charge in [-0.2, -0.15) is 0 Å². The van der Waals surface area contributed by atoms with Crippen LogP contribution in [0.2, 0.25) is 0 Å². The van der Waals surface area contributed by atoms with E-state index in [9.17, 15) is 10.1 Å². The third-order valence-corrected chi connectivity index (χ3v) is 3.17. The Morgan fingerprint density at radius 1 is 1.37 bits per heavy atom. The minimum Gasteiger partial charge on any atom is -0.363 e. The lowest BCUT2D eigenvalue weighted by atomic mass is 10.2. The van der Waals surface area contributed by atoms with Gasteiger partial charge in [0, 0.05) is 31.1 Å². The number of rotatable bonds is 3. The van der Waals surface area contributed by atoms with Crippen LogP contribution in [0.5, 0.6) is 0 Å². The van der Waals surface area contributed by atoms with Crippen molar-refractivity contribution in [2.45, 2.75) is 0 Å². The monoisotopic (exact) mass is 262 g/mol. The Balaban J connectivity index is 2.42. The van der Waals surface area contributed by atoms with E-state index in [1.165, 1.54) is 6.07 Å². The van der Waals surface area contributed by atoms with E-state index in [1.807, 2.05) is 11.9 Å². The van der Waals surface area contributed by atoms with Crippen molar-refractivity contribution in [1.29, 1.82) is 0 Å². The summed E-state index contributed by atoms with van der Waals surface area (Å²) in [5.41, 5.74) is 8.93. The van der Waals surface area contributed by atoms with Crippen LogP contribution in [-0.2, 0) is 0 Å². The fraction of sp³-hybridized carbons (Fsp3) is 0.455. The Morgan fingerprint density at radius 3 is 2.63 bits per heavy atom. The quantitative estimate of drug-likeness (QED) is 0.274. The average Bonchev–Trinajstić information content (AvgIpc) is 2.39. The van der Waals surface area contributed by atoms with Crippen LogP contribution in [0.15, 0.2) is 23.3 Å². The molecule has 100 valence electrons. The number of benzene rings is 1. The van der Waals surface area contributed by atoms with E-state index in [0.29, 0.717) is 5.69 Å². The standard InChI is InChI=1S/C11H14N6O2/c1-15-5-7-16(8-6-15)10-4-2-3-9(13-14-12)11(10)17(18)19/h2-4H,5-8H2,1H3. The lowest BCUT2D eigenvalue weighted by molar-refractivity contribution is -0.383. The molecule has 1 aromatic rings. The molecule has 0 N–H and O–H groups in total. The van der Waals surface area contributed by atoms with Gasteiger partial charge >= 0.3 is 5.69 Å². The number of nitro benzene ring substituents is 1. The molecule has 8 nitrogen and oxygen atoms in total. The van der Waals surface area contributed by atoms with Crippen LogP contribution in [-0.4, -0.2) is 43.0 Å². The first-order chi connectivity index (χ1) is 9.13. The molecule has 1 heterocycles. The highest BCUT2D eigenvalue weighted by molar-refractivity contribution is 5.75. The molecular weight excluding hydrogens is 248 g/mol. The Bertz CT molecular complexity index is 532. The maximum atomic E-state index is 11.2. The summed E-state index contributed by atoms with van der Waals surface area (Å²) in [5, 5.41) is 14.6. The van der Waals surface area contributed by atoms with Crippen molar-refractivity contribution in [3.63, 3.8) is 0 Å². The molecule has 0 amide bonds. The largest absolute Gasteiger partial charge is 0.363 e. The number of para-hydroxylation sites is 1. The molecule has 1 aliphatic heterocycles. The number of anilines is 1. The molecule has 2 rings (SSSR count). The minimum atomic E-state index is -0.488. The number of nitro groups is 1. The molecule has 1 aliphatic rings. The smallest absolute Gasteiger partial charge is 0.302 e. The molecule has 0 aromatic heterocycles. The Labute approximate surface area is 110 Å². The summed E-state index contributed by atoms with van der Waals surface area (Å²) < 4.78 is 0. The van der Waals surface area contributed by atoms with Gasteiger partial charge in [0.1, 0.15) is 11.4 Å². The molecule has 0 radical (unpaired) electrons. The van der Waals surface area contributed by atoms with Gasteiger partial charge in [0.2, 0.25) is 0 Å². The normalized spacial score (nSPS) is 15.9. The van der Waals surface area contributed by atoms with Gasteiger partial charge in [-0.25, -0.2) is 0 Å². The van der Waals surface area contributed by atoms with Crippen molar-refractivity contribution in [1.82, 2.24) is 4.90 Å². The van der Waals surface area contributed by atoms with Gasteiger partial charge in [0.25, 0.3) is 0 Å². The molecule has 0 saturated carbocycles. The second-order valence-electron chi connectivity index (χ2n) is 4.38. The fourth-order valence-electron chi connectivity index (χ4n) is 2.14. The van der Waals surface area contributed by atoms with Crippen molar-refractivity contribution in [2.75, 3.05) is 38.1 Å². The Morgan fingerprint density at radius 2 is 2.05 bits per heavy atom. The van der Waals surface area contributed by atoms with E-state index in [2.05, 4.69) is 14.9 Å². The van der Waals surface area contributed by atoms with Crippen molar-refractivity contribution < 1.29 is 4.92 Å². The third kappa shape index (κ3) is 2.75. The zero-order valence-electron chi connectivity index (χ0n) is 10.6. The first-order valence-corrected chi connectivity index (χ1v) is 5.89. The summed E-state index contributed by atoms with van der Waals surface area (Å²) in [7, 11) is 2.02. The molecule has 0 atom stereocenters. The van der Waals surface area contributed by atoms with E-state index >= 15 is 0 Å². The molecule has 1 saturated heterocycles. The molecule has 19 heavy (non-hydrogen) atoms. The van der Waals surface area contributed by atoms with E-state index < -0.39 is 4.92 Å². The second kappa shape index (κ2) is 5.55. The maximum absolute atomic E-state index is 11.2.